The van der Waals surface area contributed by atoms with Crippen molar-refractivity contribution in [2.75, 3.05) is 0 Å². The lowest BCUT2D eigenvalue weighted by Crippen LogP contribution is -2.13. The van der Waals surface area contributed by atoms with Gasteiger partial charge in [0, 0.05) is 24.4 Å². The smallest absolute Gasteiger partial charge is 0.111 e. The van der Waals surface area contributed by atoms with E-state index in [0.29, 0.717) is 12.0 Å². The van der Waals surface area contributed by atoms with Crippen molar-refractivity contribution >= 4 is 0 Å². The second kappa shape index (κ2) is 25.5. The summed E-state index contributed by atoms with van der Waals surface area (Å²) in [5.74, 6) is 2.03. The van der Waals surface area contributed by atoms with Gasteiger partial charge in [0.05, 0.1) is 0 Å². The third-order valence-corrected chi connectivity index (χ3v) is 8.56. The minimum atomic E-state index is 0.591. The SMILES string of the molecule is CCCCCCCCCCCCCCC(CCC)c1nccn1C(C)CCCCCCCCCCCC. The summed E-state index contributed by atoms with van der Waals surface area (Å²) in [6.07, 6.45) is 40.9. The van der Waals surface area contributed by atoms with E-state index in [0.717, 1.165) is 0 Å². The maximum absolute atomic E-state index is 4.89. The minimum absolute atomic E-state index is 0.591. The van der Waals surface area contributed by atoms with Gasteiger partial charge in [-0.3, -0.25) is 0 Å². The van der Waals surface area contributed by atoms with Gasteiger partial charge in [0.25, 0.3) is 0 Å². The van der Waals surface area contributed by atoms with Crippen molar-refractivity contribution in [1.29, 1.82) is 0 Å². The van der Waals surface area contributed by atoms with E-state index < -0.39 is 0 Å². The second-order valence-electron chi connectivity index (χ2n) is 12.2. The highest BCUT2D eigenvalue weighted by Crippen LogP contribution is 2.29. The lowest BCUT2D eigenvalue weighted by Gasteiger charge is -2.22. The highest BCUT2D eigenvalue weighted by Gasteiger charge is 2.18. The summed E-state index contributed by atoms with van der Waals surface area (Å²) < 4.78 is 2.54. The van der Waals surface area contributed by atoms with Crippen LogP contribution in [-0.4, -0.2) is 9.55 Å². The van der Waals surface area contributed by atoms with Crippen LogP contribution in [0, 0.1) is 0 Å². The second-order valence-corrected chi connectivity index (χ2v) is 12.2. The third kappa shape index (κ3) is 18.2. The Labute approximate surface area is 234 Å². The van der Waals surface area contributed by atoms with E-state index in [1.807, 2.05) is 0 Å². The van der Waals surface area contributed by atoms with Crippen LogP contribution in [-0.2, 0) is 0 Å². The lowest BCUT2D eigenvalue weighted by molar-refractivity contribution is 0.419. The molecule has 2 unspecified atom stereocenters. The fourth-order valence-electron chi connectivity index (χ4n) is 6.06. The number of unbranched alkanes of at least 4 members (excludes halogenated alkanes) is 20. The predicted octanol–water partition coefficient (Wildman–Crippen LogP) is 12.7. The van der Waals surface area contributed by atoms with Gasteiger partial charge in [0.2, 0.25) is 0 Å². The van der Waals surface area contributed by atoms with Crippen LogP contribution in [0.15, 0.2) is 12.4 Å². The third-order valence-electron chi connectivity index (χ3n) is 8.56. The molecule has 1 aromatic rings. The standard InChI is InChI=1S/C35H68N2/c1-5-8-10-12-14-16-18-19-21-23-25-27-30-34(28-7-3)35-36-31-32-37(35)33(4)29-26-24-22-20-17-15-13-11-9-6-2/h31-34H,5-30H2,1-4H3. The van der Waals surface area contributed by atoms with Gasteiger partial charge in [-0.05, 0) is 26.2 Å². The van der Waals surface area contributed by atoms with E-state index >= 15 is 0 Å². The Kier molecular flexibility index (Phi) is 23.6. The maximum Gasteiger partial charge on any atom is 0.111 e. The molecule has 1 rings (SSSR count). The number of rotatable bonds is 28. The van der Waals surface area contributed by atoms with Crippen LogP contribution in [0.4, 0.5) is 0 Å². The van der Waals surface area contributed by atoms with Gasteiger partial charge in [-0.1, -0.05) is 168 Å². The van der Waals surface area contributed by atoms with Gasteiger partial charge in [-0.25, -0.2) is 4.98 Å². The van der Waals surface area contributed by atoms with E-state index in [9.17, 15) is 0 Å². The Morgan fingerprint density at radius 1 is 0.514 bits per heavy atom. The van der Waals surface area contributed by atoms with Crippen molar-refractivity contribution in [3.63, 3.8) is 0 Å². The number of nitrogens with zero attached hydrogens (tertiary/aromatic N) is 2. The minimum Gasteiger partial charge on any atom is -0.332 e. The van der Waals surface area contributed by atoms with Crippen molar-refractivity contribution < 1.29 is 0 Å². The first-order valence-electron chi connectivity index (χ1n) is 17.3. The van der Waals surface area contributed by atoms with E-state index in [1.54, 1.807) is 0 Å². The Bertz CT molecular complexity index is 578. The van der Waals surface area contributed by atoms with Gasteiger partial charge in [-0.2, -0.15) is 0 Å². The Hall–Kier alpha value is -0.790. The number of imidazole rings is 1. The zero-order valence-corrected chi connectivity index (χ0v) is 26.1. The van der Waals surface area contributed by atoms with Gasteiger partial charge in [0.15, 0.2) is 0 Å². The molecule has 0 bridgehead atoms. The largest absolute Gasteiger partial charge is 0.332 e. The summed E-state index contributed by atoms with van der Waals surface area (Å²) in [6, 6.07) is 0.591. The molecule has 0 aliphatic rings. The summed E-state index contributed by atoms with van der Waals surface area (Å²) >= 11 is 0. The van der Waals surface area contributed by atoms with Gasteiger partial charge in [-0.15, -0.1) is 0 Å². The Morgan fingerprint density at radius 2 is 0.919 bits per heavy atom. The van der Waals surface area contributed by atoms with Crippen molar-refractivity contribution in [1.82, 2.24) is 9.55 Å². The fourth-order valence-corrected chi connectivity index (χ4v) is 6.06. The van der Waals surface area contributed by atoms with Crippen molar-refractivity contribution in [3.05, 3.63) is 18.2 Å². The van der Waals surface area contributed by atoms with Crippen LogP contribution in [0.1, 0.15) is 212 Å². The van der Waals surface area contributed by atoms with E-state index in [-0.39, 0.29) is 0 Å². The van der Waals surface area contributed by atoms with Crippen LogP contribution in [0.25, 0.3) is 0 Å². The highest BCUT2D eigenvalue weighted by atomic mass is 15.1. The quantitative estimate of drug-likeness (QED) is 0.101. The molecular weight excluding hydrogens is 448 g/mol. The summed E-state index contributed by atoms with van der Waals surface area (Å²) in [5.41, 5.74) is 0. The molecule has 0 aromatic carbocycles. The molecule has 0 radical (unpaired) electrons. The molecule has 2 nitrogen and oxygen atoms in total. The average Bonchev–Trinajstić information content (AvgIpc) is 3.39. The molecule has 0 N–H and O–H groups in total. The van der Waals surface area contributed by atoms with Crippen molar-refractivity contribution in [3.8, 4) is 0 Å². The monoisotopic (exact) mass is 517 g/mol. The Balaban J connectivity index is 2.20. The number of hydrogen-bond acceptors (Lipinski definition) is 1. The summed E-state index contributed by atoms with van der Waals surface area (Å²) in [7, 11) is 0. The Morgan fingerprint density at radius 3 is 1.35 bits per heavy atom. The molecule has 0 amide bonds. The molecule has 1 aromatic heterocycles. The van der Waals surface area contributed by atoms with Crippen LogP contribution < -0.4 is 0 Å². The number of hydrogen-bond donors (Lipinski definition) is 0. The predicted molar refractivity (Wildman–Crippen MR) is 167 cm³/mol. The zero-order chi connectivity index (χ0) is 26.8. The van der Waals surface area contributed by atoms with Gasteiger partial charge in [0.1, 0.15) is 5.82 Å². The van der Waals surface area contributed by atoms with Gasteiger partial charge < -0.3 is 4.57 Å². The fraction of sp³-hybridized carbons (Fsp3) is 0.914. The van der Waals surface area contributed by atoms with E-state index in [1.165, 1.54) is 173 Å². The summed E-state index contributed by atoms with van der Waals surface area (Å²) in [5, 5.41) is 0. The maximum atomic E-state index is 4.89. The molecule has 0 fully saturated rings. The molecule has 37 heavy (non-hydrogen) atoms. The first kappa shape index (κ1) is 34.2. The average molecular weight is 517 g/mol. The van der Waals surface area contributed by atoms with Crippen LogP contribution in [0.2, 0.25) is 0 Å². The molecule has 0 saturated carbocycles. The molecule has 0 aliphatic carbocycles. The molecule has 2 heteroatoms. The first-order chi connectivity index (χ1) is 18.2. The molecule has 0 saturated heterocycles. The van der Waals surface area contributed by atoms with Crippen LogP contribution in [0.5, 0.6) is 0 Å². The summed E-state index contributed by atoms with van der Waals surface area (Å²) in [6.45, 7) is 9.37. The van der Waals surface area contributed by atoms with Crippen molar-refractivity contribution in [2.24, 2.45) is 0 Å². The molecule has 0 spiro atoms. The van der Waals surface area contributed by atoms with Gasteiger partial charge >= 0.3 is 0 Å². The highest BCUT2D eigenvalue weighted by molar-refractivity contribution is 5.02. The molecule has 1 heterocycles. The van der Waals surface area contributed by atoms with E-state index in [2.05, 4.69) is 44.7 Å². The summed E-state index contributed by atoms with van der Waals surface area (Å²) in [4.78, 5) is 4.89. The van der Waals surface area contributed by atoms with Crippen molar-refractivity contribution in [2.45, 2.75) is 207 Å². The zero-order valence-electron chi connectivity index (χ0n) is 26.1. The molecular formula is C35H68N2. The number of aromatic nitrogens is 2. The molecule has 0 aliphatic heterocycles. The normalized spacial score (nSPS) is 13.3. The van der Waals surface area contributed by atoms with Crippen LogP contribution in [0.3, 0.4) is 0 Å². The first-order valence-corrected chi connectivity index (χ1v) is 17.3. The van der Waals surface area contributed by atoms with E-state index in [4.69, 9.17) is 4.98 Å². The van der Waals surface area contributed by atoms with Crippen LogP contribution >= 0.6 is 0 Å². The topological polar surface area (TPSA) is 17.8 Å². The molecule has 2 atom stereocenters. The lowest BCUT2D eigenvalue weighted by atomic mass is 9.94. The molecule has 218 valence electrons.